The summed E-state index contributed by atoms with van der Waals surface area (Å²) in [7, 11) is 0. The van der Waals surface area contributed by atoms with E-state index < -0.39 is 0 Å². The number of rotatable bonds is 2. The lowest BCUT2D eigenvalue weighted by molar-refractivity contribution is -0.117. The van der Waals surface area contributed by atoms with Crippen molar-refractivity contribution in [3.05, 3.63) is 23.8 Å². The maximum Gasteiger partial charge on any atom is 0.271 e. The van der Waals surface area contributed by atoms with Gasteiger partial charge in [-0.3, -0.25) is 9.78 Å². The standard InChI is InChI=1S/C13H18N4O2/c1-7-5-16-9(6-15-7)13(18)17-11-10(14)8-3-2-4-19-12(8)11/h5-6,8,10-12H,2-4,14H2,1H3,(H,17,18). The van der Waals surface area contributed by atoms with Crippen molar-refractivity contribution in [2.24, 2.45) is 11.7 Å². The van der Waals surface area contributed by atoms with Crippen molar-refractivity contribution >= 4 is 5.91 Å². The molecular formula is C13H18N4O2. The summed E-state index contributed by atoms with van der Waals surface area (Å²) in [4.78, 5) is 20.2. The van der Waals surface area contributed by atoms with Gasteiger partial charge in [0, 0.05) is 24.8 Å². The van der Waals surface area contributed by atoms with Crippen molar-refractivity contribution < 1.29 is 9.53 Å². The van der Waals surface area contributed by atoms with Crippen LogP contribution in [0.4, 0.5) is 0 Å². The topological polar surface area (TPSA) is 90.1 Å². The maximum absolute atomic E-state index is 12.1. The molecule has 1 amide bonds. The molecule has 4 atom stereocenters. The fourth-order valence-corrected chi connectivity index (χ4v) is 2.86. The molecule has 6 nitrogen and oxygen atoms in total. The fraction of sp³-hybridized carbons (Fsp3) is 0.615. The first kappa shape index (κ1) is 12.5. The molecule has 1 saturated carbocycles. The van der Waals surface area contributed by atoms with Crippen molar-refractivity contribution in [3.63, 3.8) is 0 Å². The molecule has 1 aromatic rings. The molecule has 4 unspecified atom stereocenters. The molecule has 3 N–H and O–H groups in total. The first-order valence-electron chi connectivity index (χ1n) is 6.63. The Morgan fingerprint density at radius 2 is 2.32 bits per heavy atom. The molecular weight excluding hydrogens is 244 g/mol. The molecule has 1 saturated heterocycles. The van der Waals surface area contributed by atoms with Crippen LogP contribution in [-0.4, -0.2) is 40.7 Å². The molecule has 2 fully saturated rings. The summed E-state index contributed by atoms with van der Waals surface area (Å²) in [5, 5.41) is 2.91. The molecule has 0 spiro atoms. The normalized spacial score (nSPS) is 33.2. The number of amides is 1. The molecule has 102 valence electrons. The Morgan fingerprint density at radius 1 is 1.47 bits per heavy atom. The van der Waals surface area contributed by atoms with E-state index in [1.807, 2.05) is 6.92 Å². The molecule has 3 rings (SSSR count). The predicted molar refractivity (Wildman–Crippen MR) is 68.5 cm³/mol. The summed E-state index contributed by atoms with van der Waals surface area (Å²) in [5.74, 6) is 0.142. The van der Waals surface area contributed by atoms with Crippen LogP contribution in [0.2, 0.25) is 0 Å². The van der Waals surface area contributed by atoms with Gasteiger partial charge in [0.05, 0.1) is 24.0 Å². The van der Waals surface area contributed by atoms with Crippen LogP contribution in [0.1, 0.15) is 29.0 Å². The molecule has 1 aromatic heterocycles. The number of aryl methyl sites for hydroxylation is 1. The van der Waals surface area contributed by atoms with Crippen LogP contribution in [-0.2, 0) is 4.74 Å². The number of hydrogen-bond acceptors (Lipinski definition) is 5. The summed E-state index contributed by atoms with van der Waals surface area (Å²) in [5.41, 5.74) is 7.20. The Kier molecular flexibility index (Phi) is 3.20. The molecule has 2 aliphatic rings. The predicted octanol–water partition coefficient (Wildman–Crippen LogP) is 0.0195. The zero-order valence-corrected chi connectivity index (χ0v) is 10.9. The molecule has 0 aromatic carbocycles. The van der Waals surface area contributed by atoms with Crippen LogP contribution in [0.3, 0.4) is 0 Å². The zero-order chi connectivity index (χ0) is 13.4. The second kappa shape index (κ2) is 4.86. The fourth-order valence-electron chi connectivity index (χ4n) is 2.86. The number of fused-ring (bicyclic) bond motifs is 1. The first-order valence-corrected chi connectivity index (χ1v) is 6.63. The number of nitrogens with one attached hydrogen (secondary N) is 1. The van der Waals surface area contributed by atoms with Gasteiger partial charge < -0.3 is 15.8 Å². The van der Waals surface area contributed by atoms with E-state index in [2.05, 4.69) is 15.3 Å². The lowest BCUT2D eigenvalue weighted by Crippen LogP contribution is -2.72. The monoisotopic (exact) mass is 262 g/mol. The zero-order valence-electron chi connectivity index (χ0n) is 10.9. The third-order valence-corrected chi connectivity index (χ3v) is 3.99. The van der Waals surface area contributed by atoms with Crippen LogP contribution < -0.4 is 11.1 Å². The number of carbonyl (C=O) groups excluding carboxylic acids is 1. The van der Waals surface area contributed by atoms with E-state index in [1.54, 1.807) is 6.20 Å². The van der Waals surface area contributed by atoms with Gasteiger partial charge in [-0.25, -0.2) is 4.98 Å². The van der Waals surface area contributed by atoms with Gasteiger partial charge in [0.1, 0.15) is 5.69 Å². The van der Waals surface area contributed by atoms with Crippen molar-refractivity contribution in [1.29, 1.82) is 0 Å². The maximum atomic E-state index is 12.1. The lowest BCUT2D eigenvalue weighted by Gasteiger charge is -2.52. The second-order valence-electron chi connectivity index (χ2n) is 5.26. The van der Waals surface area contributed by atoms with Crippen molar-refractivity contribution in [2.45, 2.75) is 38.0 Å². The average Bonchev–Trinajstić information content (AvgIpc) is 2.45. The average molecular weight is 262 g/mol. The molecule has 1 aliphatic carbocycles. The van der Waals surface area contributed by atoms with Crippen LogP contribution in [0.25, 0.3) is 0 Å². The number of nitrogens with two attached hydrogens (primary N) is 1. The largest absolute Gasteiger partial charge is 0.376 e. The minimum Gasteiger partial charge on any atom is -0.376 e. The summed E-state index contributed by atoms with van der Waals surface area (Å²) < 4.78 is 5.69. The summed E-state index contributed by atoms with van der Waals surface area (Å²) in [6.07, 6.45) is 5.26. The highest BCUT2D eigenvalue weighted by Crippen LogP contribution is 2.36. The third-order valence-electron chi connectivity index (χ3n) is 3.99. The number of nitrogens with zero attached hydrogens (tertiary/aromatic N) is 2. The Labute approximate surface area is 111 Å². The highest BCUT2D eigenvalue weighted by molar-refractivity contribution is 5.92. The van der Waals surface area contributed by atoms with Crippen molar-refractivity contribution in [3.8, 4) is 0 Å². The van der Waals surface area contributed by atoms with Gasteiger partial charge in [-0.15, -0.1) is 0 Å². The summed E-state index contributed by atoms with van der Waals surface area (Å²) in [6, 6.07) is -0.131. The number of aromatic nitrogens is 2. The van der Waals surface area contributed by atoms with E-state index >= 15 is 0 Å². The molecule has 2 heterocycles. The van der Waals surface area contributed by atoms with Gasteiger partial charge in [0.15, 0.2) is 0 Å². The van der Waals surface area contributed by atoms with Crippen molar-refractivity contribution in [1.82, 2.24) is 15.3 Å². The number of carbonyl (C=O) groups is 1. The van der Waals surface area contributed by atoms with Crippen molar-refractivity contribution in [2.75, 3.05) is 6.61 Å². The number of ether oxygens (including phenoxy) is 1. The first-order chi connectivity index (χ1) is 9.16. The van der Waals surface area contributed by atoms with E-state index in [1.165, 1.54) is 6.20 Å². The van der Waals surface area contributed by atoms with Gasteiger partial charge in [0.25, 0.3) is 5.91 Å². The Bertz CT molecular complexity index is 476. The molecule has 0 bridgehead atoms. The second-order valence-corrected chi connectivity index (χ2v) is 5.26. The van der Waals surface area contributed by atoms with E-state index in [4.69, 9.17) is 10.5 Å². The Morgan fingerprint density at radius 3 is 3.05 bits per heavy atom. The van der Waals surface area contributed by atoms with E-state index in [9.17, 15) is 4.79 Å². The summed E-state index contributed by atoms with van der Waals surface area (Å²) in [6.45, 7) is 2.58. The van der Waals surface area contributed by atoms with Gasteiger partial charge >= 0.3 is 0 Å². The van der Waals surface area contributed by atoms with Gasteiger partial charge in [0.2, 0.25) is 0 Å². The molecule has 1 aliphatic heterocycles. The third kappa shape index (κ3) is 2.21. The smallest absolute Gasteiger partial charge is 0.271 e. The Hall–Kier alpha value is -1.53. The van der Waals surface area contributed by atoms with E-state index in [0.717, 1.165) is 25.1 Å². The minimum atomic E-state index is -0.236. The quantitative estimate of drug-likeness (QED) is 0.784. The van der Waals surface area contributed by atoms with E-state index in [-0.39, 0.29) is 24.1 Å². The van der Waals surface area contributed by atoms with Crippen LogP contribution in [0, 0.1) is 12.8 Å². The van der Waals surface area contributed by atoms with Gasteiger partial charge in [-0.05, 0) is 19.8 Å². The van der Waals surface area contributed by atoms with Crippen LogP contribution >= 0.6 is 0 Å². The number of hydrogen-bond donors (Lipinski definition) is 2. The molecule has 19 heavy (non-hydrogen) atoms. The Balaban J connectivity index is 1.65. The highest BCUT2D eigenvalue weighted by Gasteiger charge is 2.51. The summed E-state index contributed by atoms with van der Waals surface area (Å²) >= 11 is 0. The lowest BCUT2D eigenvalue weighted by atomic mass is 9.68. The molecule has 0 radical (unpaired) electrons. The van der Waals surface area contributed by atoms with Crippen LogP contribution in [0.5, 0.6) is 0 Å². The van der Waals surface area contributed by atoms with Gasteiger partial charge in [-0.1, -0.05) is 0 Å². The highest BCUT2D eigenvalue weighted by atomic mass is 16.5. The van der Waals surface area contributed by atoms with Gasteiger partial charge in [-0.2, -0.15) is 0 Å². The molecule has 6 heteroatoms. The van der Waals surface area contributed by atoms with Crippen LogP contribution in [0.15, 0.2) is 12.4 Å². The SMILES string of the molecule is Cc1cnc(C(=O)NC2C(N)C3CCCOC32)cn1. The van der Waals surface area contributed by atoms with E-state index in [0.29, 0.717) is 11.6 Å². The minimum absolute atomic E-state index is 0.0207.